The molecule has 0 fully saturated rings. The Morgan fingerprint density at radius 2 is 1.84 bits per heavy atom. The maximum Gasteiger partial charge on any atom is 0.321 e. The molecule has 31 heavy (non-hydrogen) atoms. The smallest absolute Gasteiger partial charge is 0.321 e. The van der Waals surface area contributed by atoms with Gasteiger partial charge >= 0.3 is 5.97 Å². The first-order valence-electron chi connectivity index (χ1n) is 10.7. The fraction of sp³-hybridized carbons (Fsp3) is 0.375. The van der Waals surface area contributed by atoms with Crippen molar-refractivity contribution in [1.82, 2.24) is 10.2 Å². The number of carbonyl (C=O) groups excluding carboxylic acids is 2. The van der Waals surface area contributed by atoms with E-state index in [1.165, 1.54) is 11.1 Å². The van der Waals surface area contributed by atoms with E-state index in [1.807, 2.05) is 43.3 Å². The summed E-state index contributed by atoms with van der Waals surface area (Å²) in [6.45, 7) is 5.83. The Kier molecular flexibility index (Phi) is 6.21. The zero-order chi connectivity index (χ0) is 21.8. The fourth-order valence-electron chi connectivity index (χ4n) is 4.07. The van der Waals surface area contributed by atoms with Crippen LogP contribution in [0, 0.1) is 5.92 Å². The molecule has 4 rings (SSSR count). The van der Waals surface area contributed by atoms with Gasteiger partial charge in [-0.05, 0) is 49.1 Å². The Bertz CT molecular complexity index is 987. The Labute approximate surface area is 182 Å². The molecule has 2 aromatic carbocycles. The summed E-state index contributed by atoms with van der Waals surface area (Å²) in [6.07, 6.45) is 0.875. The van der Waals surface area contributed by atoms with E-state index in [1.54, 1.807) is 6.92 Å². The van der Waals surface area contributed by atoms with Gasteiger partial charge in [-0.25, -0.2) is 4.99 Å². The average Bonchev–Trinajstić information content (AvgIpc) is 2.79. The van der Waals surface area contributed by atoms with Gasteiger partial charge in [-0.3, -0.25) is 14.9 Å². The van der Waals surface area contributed by atoms with Gasteiger partial charge in [0.05, 0.1) is 13.2 Å². The van der Waals surface area contributed by atoms with Crippen LogP contribution in [0.25, 0.3) is 0 Å². The highest BCUT2D eigenvalue weighted by molar-refractivity contribution is 6.08. The largest absolute Gasteiger partial charge is 0.494 e. The quantitative estimate of drug-likeness (QED) is 0.593. The van der Waals surface area contributed by atoms with Gasteiger partial charge in [0.1, 0.15) is 11.8 Å². The number of rotatable bonds is 5. The van der Waals surface area contributed by atoms with Crippen LogP contribution in [0.3, 0.4) is 0 Å². The first-order valence-corrected chi connectivity index (χ1v) is 10.7. The number of hydrogen-bond donors (Lipinski definition) is 1. The van der Waals surface area contributed by atoms with Gasteiger partial charge < -0.3 is 14.4 Å². The molecule has 0 bridgehead atoms. The van der Waals surface area contributed by atoms with E-state index in [2.05, 4.69) is 22.3 Å². The van der Waals surface area contributed by atoms with Crippen molar-refractivity contribution in [2.45, 2.75) is 32.9 Å². The molecule has 1 amide bonds. The van der Waals surface area contributed by atoms with Gasteiger partial charge in [-0.15, -0.1) is 0 Å². The number of hydrogen-bond acceptors (Lipinski definition) is 6. The second-order valence-electron chi connectivity index (χ2n) is 7.56. The van der Waals surface area contributed by atoms with Crippen LogP contribution < -0.4 is 10.1 Å². The molecule has 0 saturated carbocycles. The zero-order valence-corrected chi connectivity index (χ0v) is 17.8. The van der Waals surface area contributed by atoms with Crippen LogP contribution in [0.4, 0.5) is 0 Å². The van der Waals surface area contributed by atoms with Crippen LogP contribution in [0.1, 0.15) is 36.6 Å². The lowest BCUT2D eigenvalue weighted by Gasteiger charge is -2.36. The molecule has 0 aromatic heterocycles. The molecule has 2 atom stereocenters. The zero-order valence-electron chi connectivity index (χ0n) is 17.8. The summed E-state index contributed by atoms with van der Waals surface area (Å²) in [7, 11) is 0. The van der Waals surface area contributed by atoms with E-state index >= 15 is 0 Å². The monoisotopic (exact) mass is 421 g/mol. The summed E-state index contributed by atoms with van der Waals surface area (Å²) >= 11 is 0. The van der Waals surface area contributed by atoms with E-state index in [9.17, 15) is 9.59 Å². The van der Waals surface area contributed by atoms with Crippen molar-refractivity contribution in [2.24, 2.45) is 10.9 Å². The average molecular weight is 421 g/mol. The summed E-state index contributed by atoms with van der Waals surface area (Å²) < 4.78 is 10.7. The second-order valence-corrected chi connectivity index (χ2v) is 7.56. The molecule has 2 aromatic rings. The molecule has 0 unspecified atom stereocenters. The van der Waals surface area contributed by atoms with Crippen molar-refractivity contribution in [2.75, 3.05) is 19.8 Å². The lowest BCUT2D eigenvalue weighted by Crippen LogP contribution is -2.53. The predicted molar refractivity (Wildman–Crippen MR) is 117 cm³/mol. The molecule has 162 valence electrons. The first kappa shape index (κ1) is 20.9. The molecule has 0 spiro atoms. The third-order valence-corrected chi connectivity index (χ3v) is 5.60. The minimum atomic E-state index is -1.03. The Balaban J connectivity index is 1.66. The normalized spacial score (nSPS) is 20.4. The number of nitrogens with one attached hydrogen (secondary N) is 1. The van der Waals surface area contributed by atoms with Crippen LogP contribution in [-0.4, -0.2) is 42.5 Å². The number of amides is 1. The predicted octanol–water partition coefficient (Wildman–Crippen LogP) is 2.85. The molecule has 2 heterocycles. The second kappa shape index (κ2) is 9.20. The number of ether oxygens (including phenoxy) is 2. The minimum Gasteiger partial charge on any atom is -0.494 e. The van der Waals surface area contributed by atoms with Gasteiger partial charge in [0.2, 0.25) is 11.9 Å². The summed E-state index contributed by atoms with van der Waals surface area (Å²) in [5.41, 5.74) is 3.30. The maximum atomic E-state index is 13.0. The van der Waals surface area contributed by atoms with E-state index in [0.717, 1.165) is 24.3 Å². The first-order chi connectivity index (χ1) is 15.1. The molecular formula is C24H27N3O4. The van der Waals surface area contributed by atoms with E-state index in [-0.39, 0.29) is 12.5 Å². The lowest BCUT2D eigenvalue weighted by atomic mass is 9.91. The van der Waals surface area contributed by atoms with Crippen LogP contribution in [0.5, 0.6) is 5.75 Å². The van der Waals surface area contributed by atoms with E-state index < -0.39 is 17.9 Å². The maximum absolute atomic E-state index is 13.0. The number of carbonyl (C=O) groups is 2. The number of benzene rings is 2. The summed E-state index contributed by atoms with van der Waals surface area (Å²) in [4.78, 5) is 32.5. The number of nitrogens with zero attached hydrogens (tertiary/aromatic N) is 2. The van der Waals surface area contributed by atoms with Gasteiger partial charge in [0.25, 0.3) is 0 Å². The molecule has 0 aliphatic carbocycles. The van der Waals surface area contributed by atoms with Crippen molar-refractivity contribution < 1.29 is 19.1 Å². The number of guanidine groups is 1. The topological polar surface area (TPSA) is 80.2 Å². The Morgan fingerprint density at radius 3 is 2.55 bits per heavy atom. The van der Waals surface area contributed by atoms with Crippen LogP contribution >= 0.6 is 0 Å². The lowest BCUT2D eigenvalue weighted by molar-refractivity contribution is -0.153. The molecule has 0 saturated heterocycles. The highest BCUT2D eigenvalue weighted by Crippen LogP contribution is 2.32. The molecule has 2 aliphatic rings. The van der Waals surface area contributed by atoms with E-state index in [0.29, 0.717) is 19.1 Å². The third-order valence-electron chi connectivity index (χ3n) is 5.60. The van der Waals surface area contributed by atoms with Gasteiger partial charge in [0, 0.05) is 13.1 Å². The van der Waals surface area contributed by atoms with Crippen molar-refractivity contribution in [3.8, 4) is 5.75 Å². The fourth-order valence-corrected chi connectivity index (χ4v) is 4.07. The Morgan fingerprint density at radius 1 is 1.10 bits per heavy atom. The van der Waals surface area contributed by atoms with Gasteiger partial charge in [-0.1, -0.05) is 36.4 Å². The van der Waals surface area contributed by atoms with Crippen molar-refractivity contribution in [3.63, 3.8) is 0 Å². The number of fused-ring (bicyclic) bond motifs is 1. The highest BCUT2D eigenvalue weighted by atomic mass is 16.5. The molecule has 2 aliphatic heterocycles. The molecule has 7 nitrogen and oxygen atoms in total. The van der Waals surface area contributed by atoms with E-state index in [4.69, 9.17) is 14.5 Å². The minimum absolute atomic E-state index is 0.206. The van der Waals surface area contributed by atoms with Crippen molar-refractivity contribution in [3.05, 3.63) is 65.2 Å². The molecular weight excluding hydrogens is 394 g/mol. The highest BCUT2D eigenvalue weighted by Gasteiger charge is 2.42. The standard InChI is InChI=1S/C24H27N3O4/c1-3-30-19-11-9-17(10-12-19)21-20(23(29)31-4-2)22(28)26-24(25-21)27-14-13-16-7-5-6-8-18(16)15-27/h5-12,20-21H,3-4,13-15H2,1-2H3,(H,25,26,28)/t20-,21-/m1/s1. The number of aliphatic imine (C=N–C) groups is 1. The van der Waals surface area contributed by atoms with Gasteiger partial charge in [0.15, 0.2) is 5.92 Å². The van der Waals surface area contributed by atoms with Gasteiger partial charge in [-0.2, -0.15) is 0 Å². The summed E-state index contributed by atoms with van der Waals surface area (Å²) in [5, 5.41) is 2.85. The molecule has 1 N–H and O–H groups in total. The van der Waals surface area contributed by atoms with Crippen LogP contribution in [0.2, 0.25) is 0 Å². The Hall–Kier alpha value is -3.35. The molecule has 0 radical (unpaired) electrons. The SMILES string of the molecule is CCOC(=O)[C@H]1C(=O)NC(N2CCc3ccccc3C2)=N[C@@H]1c1ccc(OCC)cc1. The van der Waals surface area contributed by atoms with Crippen molar-refractivity contribution >= 4 is 17.8 Å². The van der Waals surface area contributed by atoms with Crippen LogP contribution in [0.15, 0.2) is 53.5 Å². The summed E-state index contributed by atoms with van der Waals surface area (Å²) in [6, 6.07) is 15.0. The molecule has 7 heteroatoms. The number of esters is 1. The summed E-state index contributed by atoms with van der Waals surface area (Å²) in [5.74, 6) is -0.749. The van der Waals surface area contributed by atoms with Crippen molar-refractivity contribution in [1.29, 1.82) is 0 Å². The van der Waals surface area contributed by atoms with Crippen LogP contribution in [-0.2, 0) is 27.3 Å². The third kappa shape index (κ3) is 4.40.